The minimum Gasteiger partial charge on any atom is -0.261 e. The number of halogens is 2. The van der Waals surface area contributed by atoms with Gasteiger partial charge in [-0.25, -0.2) is 0 Å². The molecule has 0 aliphatic rings. The summed E-state index contributed by atoms with van der Waals surface area (Å²) in [7, 11) is 0. The summed E-state index contributed by atoms with van der Waals surface area (Å²) in [5.41, 5.74) is 2.53. The van der Waals surface area contributed by atoms with Crippen molar-refractivity contribution in [1.82, 2.24) is 4.98 Å². The molecular formula is C8H9BrIN. The summed E-state index contributed by atoms with van der Waals surface area (Å²) < 4.78 is 1.30. The molecule has 1 rings (SSSR count). The van der Waals surface area contributed by atoms with E-state index in [2.05, 4.69) is 50.4 Å². The van der Waals surface area contributed by atoms with Crippen molar-refractivity contribution in [3.63, 3.8) is 0 Å². The van der Waals surface area contributed by atoms with Gasteiger partial charge in [-0.05, 0) is 40.6 Å². The smallest absolute Gasteiger partial charge is 0.0451 e. The highest BCUT2D eigenvalue weighted by Crippen LogP contribution is 2.17. The minimum absolute atomic E-state index is 0.905. The first-order valence-corrected chi connectivity index (χ1v) is 5.67. The lowest BCUT2D eigenvalue weighted by Crippen LogP contribution is -1.96. The van der Waals surface area contributed by atoms with Crippen LogP contribution >= 0.6 is 38.5 Å². The molecule has 0 aliphatic heterocycles. The Bertz CT molecular complexity index is 250. The third-order valence-electron chi connectivity index (χ3n) is 1.56. The fourth-order valence-electron chi connectivity index (χ4n) is 0.955. The summed E-state index contributed by atoms with van der Waals surface area (Å²) >= 11 is 5.79. The van der Waals surface area contributed by atoms with E-state index in [1.807, 2.05) is 12.3 Å². The average molecular weight is 326 g/mol. The van der Waals surface area contributed by atoms with Gasteiger partial charge in [0.05, 0.1) is 0 Å². The van der Waals surface area contributed by atoms with E-state index in [0.717, 1.165) is 11.8 Å². The Kier molecular flexibility index (Phi) is 3.78. The molecule has 0 aromatic carbocycles. The van der Waals surface area contributed by atoms with Gasteiger partial charge in [0.15, 0.2) is 0 Å². The van der Waals surface area contributed by atoms with Gasteiger partial charge in [0.2, 0.25) is 0 Å². The summed E-state index contributed by atoms with van der Waals surface area (Å²) in [6, 6.07) is 2.04. The van der Waals surface area contributed by atoms with Crippen molar-refractivity contribution < 1.29 is 0 Å². The van der Waals surface area contributed by atoms with Gasteiger partial charge >= 0.3 is 0 Å². The van der Waals surface area contributed by atoms with Gasteiger partial charge in [-0.3, -0.25) is 4.98 Å². The Hall–Kier alpha value is 0.360. The molecule has 0 bridgehead atoms. The standard InChI is InChI=1S/C8H9BrIN/c1-2-8-6(5-9)7(10)3-4-11-8/h3-4H,2,5H2,1H3. The van der Waals surface area contributed by atoms with Crippen LogP contribution in [0.5, 0.6) is 0 Å². The first kappa shape index (κ1) is 9.45. The molecule has 1 aromatic rings. The molecule has 0 radical (unpaired) electrons. The Morgan fingerprint density at radius 1 is 1.64 bits per heavy atom. The quantitative estimate of drug-likeness (QED) is 0.601. The van der Waals surface area contributed by atoms with Crippen LogP contribution in [0.4, 0.5) is 0 Å². The third kappa shape index (κ3) is 2.15. The highest BCUT2D eigenvalue weighted by molar-refractivity contribution is 14.1. The second-order valence-electron chi connectivity index (χ2n) is 2.21. The minimum atomic E-state index is 0.905. The molecule has 0 atom stereocenters. The fourth-order valence-corrected chi connectivity index (χ4v) is 2.77. The van der Waals surface area contributed by atoms with Gasteiger partial charge in [-0.1, -0.05) is 22.9 Å². The van der Waals surface area contributed by atoms with E-state index < -0.39 is 0 Å². The SMILES string of the molecule is CCc1nccc(I)c1CBr. The average Bonchev–Trinajstić information content (AvgIpc) is 2.04. The van der Waals surface area contributed by atoms with Crippen LogP contribution in [-0.2, 0) is 11.8 Å². The molecule has 60 valence electrons. The van der Waals surface area contributed by atoms with Gasteiger partial charge in [-0.15, -0.1) is 0 Å². The van der Waals surface area contributed by atoms with Crippen LogP contribution in [0.3, 0.4) is 0 Å². The second kappa shape index (κ2) is 4.40. The Morgan fingerprint density at radius 3 is 2.82 bits per heavy atom. The number of aromatic nitrogens is 1. The van der Waals surface area contributed by atoms with Crippen molar-refractivity contribution in [3.8, 4) is 0 Å². The number of hydrogen-bond acceptors (Lipinski definition) is 1. The Balaban J connectivity index is 3.13. The maximum absolute atomic E-state index is 4.29. The zero-order valence-corrected chi connectivity index (χ0v) is 10.0. The lowest BCUT2D eigenvalue weighted by atomic mass is 10.2. The molecule has 3 heteroatoms. The van der Waals surface area contributed by atoms with Crippen LogP contribution in [-0.4, -0.2) is 4.98 Å². The molecule has 0 saturated carbocycles. The van der Waals surface area contributed by atoms with Crippen LogP contribution in [0.15, 0.2) is 12.3 Å². The Labute approximate surface area is 88.9 Å². The molecule has 0 fully saturated rings. The van der Waals surface area contributed by atoms with Crippen molar-refractivity contribution >= 4 is 38.5 Å². The molecule has 1 nitrogen and oxygen atoms in total. The first-order chi connectivity index (χ1) is 5.29. The zero-order chi connectivity index (χ0) is 8.27. The predicted octanol–water partition coefficient (Wildman–Crippen LogP) is 3.14. The van der Waals surface area contributed by atoms with Gasteiger partial charge in [0.1, 0.15) is 0 Å². The van der Waals surface area contributed by atoms with Crippen molar-refractivity contribution in [2.45, 2.75) is 18.7 Å². The topological polar surface area (TPSA) is 12.9 Å². The molecule has 0 amide bonds. The number of rotatable bonds is 2. The zero-order valence-electron chi connectivity index (χ0n) is 6.27. The van der Waals surface area contributed by atoms with Crippen LogP contribution in [0.2, 0.25) is 0 Å². The van der Waals surface area contributed by atoms with Gasteiger partial charge < -0.3 is 0 Å². The van der Waals surface area contributed by atoms with Crippen molar-refractivity contribution in [2.75, 3.05) is 0 Å². The van der Waals surface area contributed by atoms with Crippen molar-refractivity contribution in [3.05, 3.63) is 27.1 Å². The molecule has 0 aliphatic carbocycles. The Morgan fingerprint density at radius 2 is 2.36 bits per heavy atom. The lowest BCUT2D eigenvalue weighted by molar-refractivity contribution is 0.998. The molecule has 11 heavy (non-hydrogen) atoms. The van der Waals surface area contributed by atoms with Crippen LogP contribution in [0.25, 0.3) is 0 Å². The summed E-state index contributed by atoms with van der Waals surface area (Å²) in [6.07, 6.45) is 2.88. The van der Waals surface area contributed by atoms with E-state index >= 15 is 0 Å². The summed E-state index contributed by atoms with van der Waals surface area (Å²) in [4.78, 5) is 4.29. The van der Waals surface area contributed by atoms with Crippen LogP contribution in [0.1, 0.15) is 18.2 Å². The maximum Gasteiger partial charge on any atom is 0.0451 e. The summed E-state index contributed by atoms with van der Waals surface area (Å²) in [5, 5.41) is 0.905. The van der Waals surface area contributed by atoms with Gasteiger partial charge in [0, 0.05) is 20.8 Å². The van der Waals surface area contributed by atoms with Gasteiger partial charge in [0.25, 0.3) is 0 Å². The number of aryl methyl sites for hydroxylation is 1. The predicted molar refractivity (Wildman–Crippen MR) is 59.0 cm³/mol. The highest BCUT2D eigenvalue weighted by atomic mass is 127. The largest absolute Gasteiger partial charge is 0.261 e. The maximum atomic E-state index is 4.29. The normalized spacial score (nSPS) is 10.1. The number of pyridine rings is 1. The molecule has 0 unspecified atom stereocenters. The first-order valence-electron chi connectivity index (χ1n) is 3.47. The van der Waals surface area contributed by atoms with Gasteiger partial charge in [-0.2, -0.15) is 0 Å². The number of alkyl halides is 1. The molecule has 1 aromatic heterocycles. The summed E-state index contributed by atoms with van der Waals surface area (Å²) in [6.45, 7) is 2.13. The summed E-state index contributed by atoms with van der Waals surface area (Å²) in [5.74, 6) is 0. The molecular weight excluding hydrogens is 317 g/mol. The monoisotopic (exact) mass is 325 g/mol. The van der Waals surface area contributed by atoms with E-state index in [1.54, 1.807) is 0 Å². The van der Waals surface area contributed by atoms with Crippen LogP contribution in [0, 0.1) is 3.57 Å². The van der Waals surface area contributed by atoms with E-state index in [1.165, 1.54) is 14.8 Å². The lowest BCUT2D eigenvalue weighted by Gasteiger charge is -2.04. The number of hydrogen-bond donors (Lipinski definition) is 0. The fraction of sp³-hybridized carbons (Fsp3) is 0.375. The van der Waals surface area contributed by atoms with E-state index in [4.69, 9.17) is 0 Å². The van der Waals surface area contributed by atoms with Crippen molar-refractivity contribution in [2.24, 2.45) is 0 Å². The second-order valence-corrected chi connectivity index (χ2v) is 3.93. The third-order valence-corrected chi connectivity index (χ3v) is 3.13. The van der Waals surface area contributed by atoms with Crippen LogP contribution < -0.4 is 0 Å². The highest BCUT2D eigenvalue weighted by Gasteiger charge is 2.03. The molecule has 1 heterocycles. The van der Waals surface area contributed by atoms with Crippen molar-refractivity contribution in [1.29, 1.82) is 0 Å². The number of nitrogens with zero attached hydrogens (tertiary/aromatic N) is 1. The molecule has 0 spiro atoms. The molecule has 0 saturated heterocycles. The molecule has 0 N–H and O–H groups in total. The van der Waals surface area contributed by atoms with E-state index in [0.29, 0.717) is 0 Å². The van der Waals surface area contributed by atoms with E-state index in [-0.39, 0.29) is 0 Å². The van der Waals surface area contributed by atoms with E-state index in [9.17, 15) is 0 Å².